The lowest BCUT2D eigenvalue weighted by Gasteiger charge is -2.20. The summed E-state index contributed by atoms with van der Waals surface area (Å²) in [6, 6.07) is 8.83. The largest absolute Gasteiger partial charge is 0.293 e. The van der Waals surface area contributed by atoms with Crippen LogP contribution in [0.1, 0.15) is 23.2 Å². The molecule has 0 N–H and O–H groups in total. The number of likely N-dealkylation sites (tertiary alicyclic amines) is 1. The van der Waals surface area contributed by atoms with Crippen molar-refractivity contribution >= 4 is 22.6 Å². The molecule has 0 saturated carbocycles. The van der Waals surface area contributed by atoms with Gasteiger partial charge in [0.25, 0.3) is 0 Å². The van der Waals surface area contributed by atoms with Crippen molar-refractivity contribution in [2.75, 3.05) is 13.1 Å². The highest BCUT2D eigenvalue weighted by atomic mass is 35.5. The summed E-state index contributed by atoms with van der Waals surface area (Å²) in [5, 5.41) is -0.358. The molecule has 0 radical (unpaired) electrons. The first kappa shape index (κ1) is 12.3. The van der Waals surface area contributed by atoms with Crippen LogP contribution in [0.2, 0.25) is 0 Å². The first-order chi connectivity index (χ1) is 8.18. The Morgan fingerprint density at radius 1 is 1.29 bits per heavy atom. The third-order valence-corrected chi connectivity index (χ3v) is 3.32. The summed E-state index contributed by atoms with van der Waals surface area (Å²) >= 11 is 5.52. The van der Waals surface area contributed by atoms with Crippen molar-refractivity contribution in [2.45, 2.75) is 18.9 Å². The van der Waals surface area contributed by atoms with Crippen LogP contribution in [0.15, 0.2) is 30.3 Å². The molecule has 1 unspecified atom stereocenters. The first-order valence-corrected chi connectivity index (χ1v) is 6.08. The normalized spacial score (nSPS) is 20.4. The Kier molecular flexibility index (Phi) is 3.92. The average molecular weight is 252 g/mol. The van der Waals surface area contributed by atoms with E-state index in [4.69, 9.17) is 11.6 Å². The summed E-state index contributed by atoms with van der Waals surface area (Å²) in [6.45, 7) is 1.04. The van der Waals surface area contributed by atoms with Crippen molar-refractivity contribution < 1.29 is 9.59 Å². The molecule has 0 spiro atoms. The summed E-state index contributed by atoms with van der Waals surface area (Å²) in [6.07, 6.45) is 1.68. The Morgan fingerprint density at radius 3 is 2.65 bits per heavy atom. The fourth-order valence-electron chi connectivity index (χ4n) is 2.17. The van der Waals surface area contributed by atoms with Gasteiger partial charge in [-0.1, -0.05) is 30.3 Å². The van der Waals surface area contributed by atoms with Gasteiger partial charge in [0.15, 0.2) is 5.78 Å². The number of nitrogens with zero attached hydrogens (tertiary/aromatic N) is 1. The van der Waals surface area contributed by atoms with Gasteiger partial charge in [-0.25, -0.2) is 0 Å². The minimum Gasteiger partial charge on any atom is -0.293 e. The minimum atomic E-state index is -0.358. The molecule has 0 bridgehead atoms. The van der Waals surface area contributed by atoms with Gasteiger partial charge in [-0.2, -0.15) is 0 Å². The lowest BCUT2D eigenvalue weighted by atomic mass is 10.1. The van der Waals surface area contributed by atoms with Gasteiger partial charge in [0.2, 0.25) is 5.24 Å². The third-order valence-electron chi connectivity index (χ3n) is 3.07. The highest BCUT2D eigenvalue weighted by molar-refractivity contribution is 6.64. The molecule has 90 valence electrons. The fourth-order valence-corrected chi connectivity index (χ4v) is 2.42. The lowest BCUT2D eigenvalue weighted by molar-refractivity contribution is -0.115. The molecule has 0 aromatic heterocycles. The molecule has 1 aliphatic heterocycles. The van der Waals surface area contributed by atoms with Gasteiger partial charge in [0.1, 0.15) is 0 Å². The van der Waals surface area contributed by atoms with E-state index in [9.17, 15) is 9.59 Å². The van der Waals surface area contributed by atoms with Crippen LogP contribution in [0.3, 0.4) is 0 Å². The number of rotatable bonds is 4. The van der Waals surface area contributed by atoms with E-state index in [0.29, 0.717) is 5.56 Å². The monoisotopic (exact) mass is 251 g/mol. The maximum Gasteiger partial charge on any atom is 0.238 e. The standard InChI is InChI=1S/C13H14ClNO2/c14-13(17)11-7-4-8-15(11)9-12(16)10-5-2-1-3-6-10/h1-3,5-6,11H,4,7-9H2. The highest BCUT2D eigenvalue weighted by Crippen LogP contribution is 2.19. The quantitative estimate of drug-likeness (QED) is 0.608. The fraction of sp³-hybridized carbons (Fsp3) is 0.385. The van der Waals surface area contributed by atoms with Crippen LogP contribution < -0.4 is 0 Å². The SMILES string of the molecule is O=C(CN1CCCC1C(=O)Cl)c1ccccc1. The summed E-state index contributed by atoms with van der Waals surface area (Å²) in [4.78, 5) is 25.0. The van der Waals surface area contributed by atoms with Gasteiger partial charge in [0, 0.05) is 5.56 Å². The van der Waals surface area contributed by atoms with Crippen LogP contribution in [-0.4, -0.2) is 35.1 Å². The number of carbonyl (C=O) groups excluding carboxylic acids is 2. The van der Waals surface area contributed by atoms with E-state index in [0.717, 1.165) is 19.4 Å². The maximum atomic E-state index is 12.0. The van der Waals surface area contributed by atoms with Gasteiger partial charge >= 0.3 is 0 Å². The van der Waals surface area contributed by atoms with Crippen molar-refractivity contribution in [3.8, 4) is 0 Å². The summed E-state index contributed by atoms with van der Waals surface area (Å²) in [5.41, 5.74) is 0.681. The Labute approximate surface area is 105 Å². The maximum absolute atomic E-state index is 12.0. The van der Waals surface area contributed by atoms with Crippen LogP contribution in [-0.2, 0) is 4.79 Å². The van der Waals surface area contributed by atoms with E-state index < -0.39 is 0 Å². The summed E-state index contributed by atoms with van der Waals surface area (Å²) in [5.74, 6) is 0.0374. The van der Waals surface area contributed by atoms with Crippen molar-refractivity contribution in [2.24, 2.45) is 0 Å². The Hall–Kier alpha value is -1.19. The molecule has 0 aliphatic carbocycles. The van der Waals surface area contributed by atoms with Gasteiger partial charge in [-0.3, -0.25) is 14.5 Å². The molecule has 0 amide bonds. The van der Waals surface area contributed by atoms with E-state index >= 15 is 0 Å². The smallest absolute Gasteiger partial charge is 0.238 e. The van der Waals surface area contributed by atoms with E-state index in [-0.39, 0.29) is 23.6 Å². The zero-order valence-corrected chi connectivity index (χ0v) is 10.2. The van der Waals surface area contributed by atoms with Crippen LogP contribution in [0.4, 0.5) is 0 Å². The first-order valence-electron chi connectivity index (χ1n) is 5.70. The van der Waals surface area contributed by atoms with Crippen LogP contribution in [0, 0.1) is 0 Å². The predicted octanol–water partition coefficient (Wildman–Crippen LogP) is 2.10. The second kappa shape index (κ2) is 5.43. The molecule has 4 heteroatoms. The second-order valence-corrected chi connectivity index (χ2v) is 4.59. The molecule has 3 nitrogen and oxygen atoms in total. The Morgan fingerprint density at radius 2 is 2.00 bits per heavy atom. The van der Waals surface area contributed by atoms with E-state index in [2.05, 4.69) is 0 Å². The number of halogens is 1. The summed E-state index contributed by atoms with van der Waals surface area (Å²) < 4.78 is 0. The average Bonchev–Trinajstić information content (AvgIpc) is 2.78. The van der Waals surface area contributed by atoms with Gasteiger partial charge in [0.05, 0.1) is 12.6 Å². The number of Topliss-reactive ketones (excluding diaryl/α,β-unsaturated/α-hetero) is 1. The lowest BCUT2D eigenvalue weighted by Crippen LogP contribution is -2.37. The number of hydrogen-bond acceptors (Lipinski definition) is 3. The van der Waals surface area contributed by atoms with Crippen LogP contribution in [0.5, 0.6) is 0 Å². The second-order valence-electron chi connectivity index (χ2n) is 4.22. The van der Waals surface area contributed by atoms with Crippen molar-refractivity contribution in [3.05, 3.63) is 35.9 Å². The highest BCUT2D eigenvalue weighted by Gasteiger charge is 2.30. The van der Waals surface area contributed by atoms with Gasteiger partial charge in [-0.05, 0) is 31.0 Å². The molecule has 1 heterocycles. The van der Waals surface area contributed by atoms with Gasteiger partial charge in [-0.15, -0.1) is 0 Å². The van der Waals surface area contributed by atoms with Crippen LogP contribution >= 0.6 is 11.6 Å². The van der Waals surface area contributed by atoms with E-state index in [1.807, 2.05) is 23.1 Å². The minimum absolute atomic E-state index is 0.0374. The molecule has 1 fully saturated rings. The Bertz CT molecular complexity index is 419. The molecule has 17 heavy (non-hydrogen) atoms. The molecule has 1 atom stereocenters. The van der Waals surface area contributed by atoms with Crippen molar-refractivity contribution in [1.82, 2.24) is 4.90 Å². The number of ketones is 1. The summed E-state index contributed by atoms with van der Waals surface area (Å²) in [7, 11) is 0. The number of carbonyl (C=O) groups is 2. The van der Waals surface area contributed by atoms with Crippen molar-refractivity contribution in [3.63, 3.8) is 0 Å². The predicted molar refractivity (Wildman–Crippen MR) is 66.2 cm³/mol. The number of hydrogen-bond donors (Lipinski definition) is 0. The van der Waals surface area contributed by atoms with E-state index in [1.54, 1.807) is 12.1 Å². The molecule has 1 saturated heterocycles. The Balaban J connectivity index is 2.02. The molecule has 2 rings (SSSR count). The third kappa shape index (κ3) is 2.93. The molecule has 1 aromatic rings. The zero-order valence-electron chi connectivity index (χ0n) is 9.43. The van der Waals surface area contributed by atoms with Crippen LogP contribution in [0.25, 0.3) is 0 Å². The molecule has 1 aliphatic rings. The molecular weight excluding hydrogens is 238 g/mol. The van der Waals surface area contributed by atoms with Gasteiger partial charge < -0.3 is 0 Å². The zero-order chi connectivity index (χ0) is 12.3. The topological polar surface area (TPSA) is 37.4 Å². The molecule has 1 aromatic carbocycles. The van der Waals surface area contributed by atoms with E-state index in [1.165, 1.54) is 0 Å². The number of benzene rings is 1. The van der Waals surface area contributed by atoms with Crippen molar-refractivity contribution in [1.29, 1.82) is 0 Å². The molecular formula is C13H14ClNO2.